The van der Waals surface area contributed by atoms with Crippen molar-refractivity contribution in [2.24, 2.45) is 5.92 Å². The number of amides is 1. The second-order valence-electron chi connectivity index (χ2n) is 11.2. The summed E-state index contributed by atoms with van der Waals surface area (Å²) in [6, 6.07) is 4.62. The van der Waals surface area contributed by atoms with Crippen molar-refractivity contribution >= 4 is 25.8 Å². The van der Waals surface area contributed by atoms with Crippen LogP contribution in [0.2, 0.25) is 30.8 Å². The summed E-state index contributed by atoms with van der Waals surface area (Å²) in [5.74, 6) is 1.20. The first-order valence-electron chi connectivity index (χ1n) is 11.5. The largest absolute Gasteiger partial charge is 0.444 e. The molecule has 0 aromatic carbocycles. The van der Waals surface area contributed by atoms with Gasteiger partial charge in [0.25, 0.3) is 0 Å². The van der Waals surface area contributed by atoms with E-state index >= 15 is 0 Å². The van der Waals surface area contributed by atoms with Crippen molar-refractivity contribution in [3.63, 3.8) is 0 Å². The first kappa shape index (κ1) is 24.2. The van der Waals surface area contributed by atoms with E-state index in [1.54, 1.807) is 12.3 Å². The number of ether oxygens (including phenoxy) is 2. The predicted octanol–water partition coefficient (Wildman–Crippen LogP) is 5.16. The summed E-state index contributed by atoms with van der Waals surface area (Å²) in [4.78, 5) is 19.7. The summed E-state index contributed by atoms with van der Waals surface area (Å²) < 4.78 is 13.9. The van der Waals surface area contributed by atoms with Crippen molar-refractivity contribution in [1.29, 1.82) is 0 Å². The van der Waals surface area contributed by atoms with Crippen molar-refractivity contribution in [1.82, 2.24) is 24.6 Å². The third-order valence-corrected chi connectivity index (χ3v) is 8.13. The summed E-state index contributed by atoms with van der Waals surface area (Å²) in [6.07, 6.45) is 3.33. The van der Waals surface area contributed by atoms with E-state index in [0.717, 1.165) is 30.4 Å². The Bertz CT molecular complexity index is 1010. The molecule has 0 spiro atoms. The van der Waals surface area contributed by atoms with Gasteiger partial charge in [-0.05, 0) is 51.7 Å². The third kappa shape index (κ3) is 5.10. The summed E-state index contributed by atoms with van der Waals surface area (Å²) in [6.45, 7) is 14.4. The Labute approximate surface area is 201 Å². The lowest BCUT2D eigenvalue weighted by molar-refractivity contribution is 0.0143. The highest BCUT2D eigenvalue weighted by atomic mass is 35.5. The van der Waals surface area contributed by atoms with Crippen molar-refractivity contribution in [2.75, 3.05) is 13.2 Å². The topological polar surface area (TPSA) is 82.4 Å². The standard InChI is InChI=1S/C23H34ClN5O3Si/c1-22(2,3)32-21(30)29-10-9-16-13-23(16,29)20-25-14-18(17-7-8-19(24)27-26-17)28(20)15-31-11-12-33(4,5)6/h7-8,14,16H,9-13,15H2,1-6H3/q-1. The minimum atomic E-state index is -1.21. The van der Waals surface area contributed by atoms with Gasteiger partial charge >= 0.3 is 6.09 Å². The van der Waals surface area contributed by atoms with Gasteiger partial charge in [-0.25, -0.2) is 9.78 Å². The van der Waals surface area contributed by atoms with Gasteiger partial charge in [-0.1, -0.05) is 11.6 Å². The third-order valence-electron chi connectivity index (χ3n) is 6.22. The number of halogens is 1. The molecule has 0 bridgehead atoms. The number of carbonyl (C=O) groups is 1. The van der Waals surface area contributed by atoms with Crippen LogP contribution >= 0.6 is 11.6 Å². The van der Waals surface area contributed by atoms with E-state index in [2.05, 4.69) is 29.8 Å². The second kappa shape index (κ2) is 8.67. The molecule has 2 atom stereocenters. The van der Waals surface area contributed by atoms with Crippen LogP contribution in [0.25, 0.3) is 11.4 Å². The smallest absolute Gasteiger partial charge is 0.411 e. The SMILES string of the molecule is CC(C)(C)OC(=O)N1CCC2CC21c1ncc(-c2ccc(Cl)nn2)n1COCC[Si-](C)(C)C. The molecule has 1 aliphatic heterocycles. The molecule has 8 nitrogen and oxygen atoms in total. The average molecular weight is 492 g/mol. The molecule has 0 radical (unpaired) electrons. The van der Waals surface area contributed by atoms with Gasteiger partial charge < -0.3 is 14.0 Å². The van der Waals surface area contributed by atoms with Gasteiger partial charge in [0.15, 0.2) is 5.15 Å². The molecule has 2 aromatic heterocycles. The maximum Gasteiger partial charge on any atom is 0.411 e. The Hall–Kier alpha value is -1.97. The molecule has 181 valence electrons. The Morgan fingerprint density at radius 1 is 1.27 bits per heavy atom. The van der Waals surface area contributed by atoms with Gasteiger partial charge in [0.05, 0.1) is 11.9 Å². The minimum absolute atomic E-state index is 0.287. The van der Waals surface area contributed by atoms with Crippen molar-refractivity contribution in [2.45, 2.75) is 77.2 Å². The Balaban J connectivity index is 1.66. The van der Waals surface area contributed by atoms with Crippen LogP contribution in [-0.4, -0.2) is 57.6 Å². The van der Waals surface area contributed by atoms with E-state index in [0.29, 0.717) is 36.6 Å². The van der Waals surface area contributed by atoms with Crippen LogP contribution < -0.4 is 0 Å². The van der Waals surface area contributed by atoms with Crippen LogP contribution in [0, 0.1) is 5.92 Å². The van der Waals surface area contributed by atoms with Gasteiger partial charge in [0.2, 0.25) is 0 Å². The molecule has 1 amide bonds. The summed E-state index contributed by atoms with van der Waals surface area (Å²) >= 11 is 5.95. The highest BCUT2D eigenvalue weighted by Gasteiger charge is 2.67. The Morgan fingerprint density at radius 3 is 2.64 bits per heavy atom. The van der Waals surface area contributed by atoms with Crippen LogP contribution in [-0.2, 0) is 21.7 Å². The normalized spacial score (nSPS) is 22.4. The van der Waals surface area contributed by atoms with E-state index in [1.165, 1.54) is 0 Å². The number of aromatic nitrogens is 4. The van der Waals surface area contributed by atoms with E-state index in [4.69, 9.17) is 26.1 Å². The van der Waals surface area contributed by atoms with Gasteiger partial charge in [0, 0.05) is 13.2 Å². The maximum atomic E-state index is 13.1. The number of likely N-dealkylation sites (tertiary alicyclic amines) is 1. The number of hydrogen-bond acceptors (Lipinski definition) is 6. The zero-order valence-electron chi connectivity index (χ0n) is 20.4. The van der Waals surface area contributed by atoms with Crippen molar-refractivity contribution in [3.05, 3.63) is 29.3 Å². The van der Waals surface area contributed by atoms with Gasteiger partial charge in [0.1, 0.15) is 29.4 Å². The van der Waals surface area contributed by atoms with E-state index in [1.807, 2.05) is 36.3 Å². The van der Waals surface area contributed by atoms with Crippen LogP contribution in [0.1, 0.15) is 39.4 Å². The fourth-order valence-corrected chi connectivity index (χ4v) is 5.34. The van der Waals surface area contributed by atoms with E-state index in [-0.39, 0.29) is 6.09 Å². The number of nitrogens with zero attached hydrogens (tertiary/aromatic N) is 5. The molecule has 4 rings (SSSR count). The molecule has 3 heterocycles. The quantitative estimate of drug-likeness (QED) is 0.393. The lowest BCUT2D eigenvalue weighted by Gasteiger charge is -2.31. The lowest BCUT2D eigenvalue weighted by atomic mass is 10.2. The molecule has 10 heteroatoms. The monoisotopic (exact) mass is 491 g/mol. The molecular weight excluding hydrogens is 458 g/mol. The van der Waals surface area contributed by atoms with Gasteiger partial charge in [-0.15, -0.1) is 24.3 Å². The van der Waals surface area contributed by atoms with Gasteiger partial charge in [-0.2, -0.15) is 19.6 Å². The molecule has 33 heavy (non-hydrogen) atoms. The second-order valence-corrected chi connectivity index (χ2v) is 17.2. The summed E-state index contributed by atoms with van der Waals surface area (Å²) in [7, 11) is -1.21. The van der Waals surface area contributed by atoms with Crippen LogP contribution in [0.15, 0.2) is 18.3 Å². The van der Waals surface area contributed by atoms with E-state index in [9.17, 15) is 4.79 Å². The molecule has 2 aliphatic rings. The number of piperidine rings is 1. The Kier molecular flexibility index (Phi) is 6.35. The molecular formula is C23H34ClN5O3Si-. The zero-order chi connectivity index (χ0) is 24.0. The summed E-state index contributed by atoms with van der Waals surface area (Å²) in [5, 5.41) is 8.59. The van der Waals surface area contributed by atoms with Crippen molar-refractivity contribution in [3.8, 4) is 11.4 Å². The number of carbonyl (C=O) groups excluding carboxylic acids is 1. The van der Waals surface area contributed by atoms with Crippen molar-refractivity contribution < 1.29 is 14.3 Å². The zero-order valence-corrected chi connectivity index (χ0v) is 22.1. The molecule has 2 unspecified atom stereocenters. The van der Waals surface area contributed by atoms with E-state index < -0.39 is 19.2 Å². The average Bonchev–Trinajstić information content (AvgIpc) is 3.08. The summed E-state index contributed by atoms with van der Waals surface area (Å²) in [5.41, 5.74) is 0.466. The lowest BCUT2D eigenvalue weighted by Crippen LogP contribution is -2.43. The molecule has 1 aliphatic carbocycles. The molecule has 2 aromatic rings. The predicted molar refractivity (Wildman–Crippen MR) is 130 cm³/mol. The number of imidazole rings is 1. The van der Waals surface area contributed by atoms with Gasteiger partial charge in [-0.3, -0.25) is 4.90 Å². The van der Waals surface area contributed by atoms with Crippen LogP contribution in [0.4, 0.5) is 4.79 Å². The Morgan fingerprint density at radius 2 is 2.03 bits per heavy atom. The maximum absolute atomic E-state index is 13.1. The molecule has 0 N–H and O–H groups in total. The first-order chi connectivity index (χ1) is 15.4. The molecule has 2 fully saturated rings. The molecule has 1 saturated heterocycles. The fourth-order valence-electron chi connectivity index (χ4n) is 4.48. The minimum Gasteiger partial charge on any atom is -0.444 e. The number of fused-ring (bicyclic) bond motifs is 1. The number of rotatable bonds is 7. The fraction of sp³-hybridized carbons (Fsp3) is 0.652. The van der Waals surface area contributed by atoms with Crippen LogP contribution in [0.5, 0.6) is 0 Å². The molecule has 1 saturated carbocycles. The highest BCUT2D eigenvalue weighted by Crippen LogP contribution is 2.62. The number of hydrogen-bond donors (Lipinski definition) is 0. The van der Waals surface area contributed by atoms with Crippen LogP contribution in [0.3, 0.4) is 0 Å². The first-order valence-corrected chi connectivity index (χ1v) is 15.6. The highest BCUT2D eigenvalue weighted by molar-refractivity contribution is 6.76.